The lowest BCUT2D eigenvalue weighted by Crippen LogP contribution is -2.01. The van der Waals surface area contributed by atoms with E-state index in [1.807, 2.05) is 30.3 Å². The number of aryl methyl sites for hydroxylation is 1. The predicted octanol–water partition coefficient (Wildman–Crippen LogP) is 4.02. The second-order valence-electron chi connectivity index (χ2n) is 5.21. The molecule has 0 spiro atoms. The average Bonchev–Trinajstić information content (AvgIpc) is 2.56. The van der Waals surface area contributed by atoms with Crippen LogP contribution in [-0.4, -0.2) is 26.2 Å². The van der Waals surface area contributed by atoms with Crippen LogP contribution >= 0.6 is 12.4 Å². The van der Waals surface area contributed by atoms with Gasteiger partial charge < -0.3 is 15.5 Å². The van der Waals surface area contributed by atoms with Gasteiger partial charge in [0.25, 0.3) is 0 Å². The van der Waals surface area contributed by atoms with E-state index in [9.17, 15) is 9.90 Å². The molecule has 0 aliphatic carbocycles. The van der Waals surface area contributed by atoms with Gasteiger partial charge in [-0.25, -0.2) is 14.8 Å². The van der Waals surface area contributed by atoms with Gasteiger partial charge >= 0.3 is 5.97 Å². The van der Waals surface area contributed by atoms with Crippen molar-refractivity contribution in [2.75, 3.05) is 5.32 Å². The molecule has 0 amide bonds. The summed E-state index contributed by atoms with van der Waals surface area (Å²) in [7, 11) is 0. The summed E-state index contributed by atoms with van der Waals surface area (Å²) in [5.74, 6) is -0.337. The SMILES string of the molecule is Cc1nc(Nc2ccc(O)c(C(=O)O)c2)cc(-c2ccccc2)n1.Cl. The maximum atomic E-state index is 11.1. The summed E-state index contributed by atoms with van der Waals surface area (Å²) in [4.78, 5) is 19.8. The molecule has 3 N–H and O–H groups in total. The Morgan fingerprint density at radius 1 is 1.04 bits per heavy atom. The minimum absolute atomic E-state index is 0. The van der Waals surface area contributed by atoms with Gasteiger partial charge in [-0.05, 0) is 25.1 Å². The molecular formula is C18H16ClN3O3. The van der Waals surface area contributed by atoms with Crippen LogP contribution in [0.5, 0.6) is 5.75 Å². The predicted molar refractivity (Wildman–Crippen MR) is 97.8 cm³/mol. The number of nitrogens with zero attached hydrogens (tertiary/aromatic N) is 2. The first-order valence-electron chi connectivity index (χ1n) is 7.27. The Hall–Kier alpha value is -3.12. The zero-order valence-electron chi connectivity index (χ0n) is 13.3. The van der Waals surface area contributed by atoms with Crippen LogP contribution < -0.4 is 5.32 Å². The molecule has 3 aromatic rings. The zero-order chi connectivity index (χ0) is 17.1. The minimum atomic E-state index is -1.19. The van der Waals surface area contributed by atoms with Crippen LogP contribution in [0.4, 0.5) is 11.5 Å². The van der Waals surface area contributed by atoms with E-state index >= 15 is 0 Å². The summed E-state index contributed by atoms with van der Waals surface area (Å²) in [5, 5.41) is 21.7. The molecule has 0 fully saturated rings. The molecule has 0 aliphatic heterocycles. The Morgan fingerprint density at radius 3 is 2.44 bits per heavy atom. The number of carboxylic acids is 1. The second-order valence-corrected chi connectivity index (χ2v) is 5.21. The fourth-order valence-electron chi connectivity index (χ4n) is 2.32. The van der Waals surface area contributed by atoms with Crippen molar-refractivity contribution >= 4 is 29.9 Å². The molecule has 6 nitrogen and oxygen atoms in total. The number of hydrogen-bond donors (Lipinski definition) is 3. The number of halogens is 1. The highest BCUT2D eigenvalue weighted by Crippen LogP contribution is 2.25. The van der Waals surface area contributed by atoms with Gasteiger partial charge in [0.2, 0.25) is 0 Å². The number of phenols is 1. The van der Waals surface area contributed by atoms with Crippen molar-refractivity contribution in [3.05, 3.63) is 66.0 Å². The van der Waals surface area contributed by atoms with E-state index in [2.05, 4.69) is 15.3 Å². The summed E-state index contributed by atoms with van der Waals surface area (Å²) in [6, 6.07) is 15.8. The first kappa shape index (κ1) is 18.2. The zero-order valence-corrected chi connectivity index (χ0v) is 14.1. The molecule has 0 bridgehead atoms. The first-order valence-corrected chi connectivity index (χ1v) is 7.27. The Kier molecular flexibility index (Phi) is 5.56. The smallest absolute Gasteiger partial charge is 0.339 e. The molecule has 25 heavy (non-hydrogen) atoms. The Labute approximate surface area is 150 Å². The molecular weight excluding hydrogens is 342 g/mol. The van der Waals surface area contributed by atoms with E-state index < -0.39 is 5.97 Å². The van der Waals surface area contributed by atoms with Crippen molar-refractivity contribution in [1.82, 2.24) is 9.97 Å². The van der Waals surface area contributed by atoms with E-state index in [1.54, 1.807) is 19.1 Å². The Bertz CT molecular complexity index is 901. The van der Waals surface area contributed by atoms with Crippen LogP contribution in [0.3, 0.4) is 0 Å². The lowest BCUT2D eigenvalue weighted by Gasteiger charge is -2.10. The monoisotopic (exact) mass is 357 g/mol. The highest BCUT2D eigenvalue weighted by atomic mass is 35.5. The van der Waals surface area contributed by atoms with Crippen LogP contribution in [0.2, 0.25) is 0 Å². The van der Waals surface area contributed by atoms with Crippen molar-refractivity contribution in [2.24, 2.45) is 0 Å². The fraction of sp³-hybridized carbons (Fsp3) is 0.0556. The molecule has 1 heterocycles. The number of benzene rings is 2. The number of hydrogen-bond acceptors (Lipinski definition) is 5. The largest absolute Gasteiger partial charge is 0.507 e. The van der Waals surface area contributed by atoms with Gasteiger partial charge in [-0.1, -0.05) is 30.3 Å². The molecule has 0 saturated carbocycles. The van der Waals surface area contributed by atoms with Crippen molar-refractivity contribution in [1.29, 1.82) is 0 Å². The van der Waals surface area contributed by atoms with Crippen LogP contribution in [0, 0.1) is 6.92 Å². The first-order chi connectivity index (χ1) is 11.5. The quantitative estimate of drug-likeness (QED) is 0.610. The third-order valence-corrected chi connectivity index (χ3v) is 3.41. The number of nitrogens with one attached hydrogen (secondary N) is 1. The molecule has 0 unspecified atom stereocenters. The van der Waals surface area contributed by atoms with Crippen LogP contribution in [0.25, 0.3) is 11.3 Å². The number of carbonyl (C=O) groups is 1. The molecule has 0 radical (unpaired) electrons. The standard InChI is InChI=1S/C18H15N3O3.ClH/c1-11-19-15(12-5-3-2-4-6-12)10-17(20-11)21-13-7-8-16(22)14(9-13)18(23)24;/h2-10,22H,1H3,(H,23,24)(H,19,20,21);1H. The van der Waals surface area contributed by atoms with Crippen LogP contribution in [-0.2, 0) is 0 Å². The summed E-state index contributed by atoms with van der Waals surface area (Å²) in [6.07, 6.45) is 0. The number of anilines is 2. The summed E-state index contributed by atoms with van der Waals surface area (Å²) >= 11 is 0. The van der Waals surface area contributed by atoms with Crippen molar-refractivity contribution in [2.45, 2.75) is 6.92 Å². The third-order valence-electron chi connectivity index (χ3n) is 3.41. The van der Waals surface area contributed by atoms with Gasteiger partial charge in [-0.2, -0.15) is 0 Å². The van der Waals surface area contributed by atoms with E-state index in [0.717, 1.165) is 11.3 Å². The Balaban J connectivity index is 0.00000225. The molecule has 0 saturated heterocycles. The maximum absolute atomic E-state index is 11.1. The van der Waals surface area contributed by atoms with Gasteiger partial charge in [0.05, 0.1) is 5.69 Å². The number of carboxylic acid groups (broad SMARTS) is 1. The molecule has 7 heteroatoms. The molecule has 3 rings (SSSR count). The van der Waals surface area contributed by atoms with Gasteiger partial charge in [0.1, 0.15) is 23.0 Å². The molecule has 0 aliphatic rings. The number of aromatic hydroxyl groups is 1. The highest BCUT2D eigenvalue weighted by Gasteiger charge is 2.11. The number of aromatic carboxylic acids is 1. The third kappa shape index (κ3) is 4.24. The average molecular weight is 358 g/mol. The van der Waals surface area contributed by atoms with Crippen LogP contribution in [0.15, 0.2) is 54.6 Å². The number of aromatic nitrogens is 2. The van der Waals surface area contributed by atoms with Gasteiger partial charge in [-0.15, -0.1) is 12.4 Å². The summed E-state index contributed by atoms with van der Waals surface area (Å²) < 4.78 is 0. The van der Waals surface area contributed by atoms with Crippen LogP contribution in [0.1, 0.15) is 16.2 Å². The molecule has 2 aromatic carbocycles. The van der Waals surface area contributed by atoms with Gasteiger partial charge in [-0.3, -0.25) is 0 Å². The lowest BCUT2D eigenvalue weighted by molar-refractivity contribution is 0.0694. The summed E-state index contributed by atoms with van der Waals surface area (Å²) in [6.45, 7) is 1.79. The minimum Gasteiger partial charge on any atom is -0.507 e. The lowest BCUT2D eigenvalue weighted by atomic mass is 10.1. The van der Waals surface area contributed by atoms with Crippen molar-refractivity contribution < 1.29 is 15.0 Å². The fourth-order valence-corrected chi connectivity index (χ4v) is 2.32. The number of rotatable bonds is 4. The normalized spacial score (nSPS) is 9.96. The topological polar surface area (TPSA) is 95.3 Å². The van der Waals surface area contributed by atoms with Crippen molar-refractivity contribution in [3.8, 4) is 17.0 Å². The summed E-state index contributed by atoms with van der Waals surface area (Å²) in [5.41, 5.74) is 2.07. The van der Waals surface area contributed by atoms with E-state index in [1.165, 1.54) is 12.1 Å². The Morgan fingerprint density at radius 2 is 1.76 bits per heavy atom. The second kappa shape index (κ2) is 7.63. The van der Waals surface area contributed by atoms with E-state index in [4.69, 9.17) is 5.11 Å². The maximum Gasteiger partial charge on any atom is 0.339 e. The molecule has 128 valence electrons. The van der Waals surface area contributed by atoms with E-state index in [-0.39, 0.29) is 23.7 Å². The van der Waals surface area contributed by atoms with E-state index in [0.29, 0.717) is 17.3 Å². The van der Waals surface area contributed by atoms with Gasteiger partial charge in [0.15, 0.2) is 0 Å². The highest BCUT2D eigenvalue weighted by molar-refractivity contribution is 5.92. The molecule has 1 aromatic heterocycles. The molecule has 0 atom stereocenters. The van der Waals surface area contributed by atoms with Gasteiger partial charge in [0, 0.05) is 17.3 Å². The van der Waals surface area contributed by atoms with Crippen molar-refractivity contribution in [3.63, 3.8) is 0 Å².